The minimum Gasteiger partial charge on any atom is -0.482 e. The van der Waals surface area contributed by atoms with Gasteiger partial charge in [-0.25, -0.2) is 0 Å². The fourth-order valence-electron chi connectivity index (χ4n) is 2.38. The lowest BCUT2D eigenvalue weighted by atomic mass is 9.80. The number of nitrogens with zero attached hydrogens (tertiary/aromatic N) is 1. The van der Waals surface area contributed by atoms with Gasteiger partial charge < -0.3 is 15.4 Å². The van der Waals surface area contributed by atoms with Crippen molar-refractivity contribution >= 4 is 29.9 Å². The van der Waals surface area contributed by atoms with Gasteiger partial charge in [-0.1, -0.05) is 37.6 Å². The van der Waals surface area contributed by atoms with Crippen LogP contribution in [0.4, 0.5) is 0 Å². The van der Waals surface area contributed by atoms with Crippen LogP contribution in [-0.2, 0) is 4.79 Å². The molecule has 118 valence electrons. The lowest BCUT2D eigenvalue weighted by Gasteiger charge is -2.42. The van der Waals surface area contributed by atoms with E-state index in [0.717, 1.165) is 6.42 Å². The number of hydrogen-bond donors (Lipinski definition) is 1. The minimum absolute atomic E-state index is 0. The van der Waals surface area contributed by atoms with Crippen molar-refractivity contribution in [1.82, 2.24) is 4.90 Å². The summed E-state index contributed by atoms with van der Waals surface area (Å²) >= 11 is 5.99. The highest BCUT2D eigenvalue weighted by Crippen LogP contribution is 2.28. The third-order valence-electron chi connectivity index (χ3n) is 3.85. The van der Waals surface area contributed by atoms with Crippen LogP contribution in [0.5, 0.6) is 5.75 Å². The van der Waals surface area contributed by atoms with Crippen molar-refractivity contribution in [2.24, 2.45) is 11.1 Å². The van der Waals surface area contributed by atoms with E-state index in [1.165, 1.54) is 0 Å². The largest absolute Gasteiger partial charge is 0.482 e. The first kappa shape index (κ1) is 18.1. The SMILES string of the molecule is CC1(C)CN(C(=O)COc2ccccc2Cl)CCC1N.Cl. The molecule has 1 aliphatic rings. The number of likely N-dealkylation sites (tertiary alicyclic amines) is 1. The predicted molar refractivity (Wildman–Crippen MR) is 87.1 cm³/mol. The maximum atomic E-state index is 12.2. The maximum absolute atomic E-state index is 12.2. The number of hydrogen-bond acceptors (Lipinski definition) is 3. The number of nitrogens with two attached hydrogens (primary N) is 1. The number of halogens is 2. The monoisotopic (exact) mass is 332 g/mol. The van der Waals surface area contributed by atoms with E-state index in [1.807, 2.05) is 17.0 Å². The topological polar surface area (TPSA) is 55.6 Å². The quantitative estimate of drug-likeness (QED) is 0.925. The van der Waals surface area contributed by atoms with Crippen LogP contribution in [0.1, 0.15) is 20.3 Å². The summed E-state index contributed by atoms with van der Waals surface area (Å²) in [5.74, 6) is 0.514. The Morgan fingerprint density at radius 2 is 2.14 bits per heavy atom. The number of benzene rings is 1. The summed E-state index contributed by atoms with van der Waals surface area (Å²) in [6.45, 7) is 5.54. The van der Waals surface area contributed by atoms with Gasteiger partial charge in [-0.3, -0.25) is 4.79 Å². The summed E-state index contributed by atoms with van der Waals surface area (Å²) in [6.07, 6.45) is 0.824. The van der Waals surface area contributed by atoms with Crippen LogP contribution in [-0.4, -0.2) is 36.5 Å². The lowest BCUT2D eigenvalue weighted by Crippen LogP contribution is -2.54. The second kappa shape index (κ2) is 7.34. The van der Waals surface area contributed by atoms with E-state index in [9.17, 15) is 4.79 Å². The van der Waals surface area contributed by atoms with Crippen LogP contribution < -0.4 is 10.5 Å². The molecule has 1 aromatic rings. The Labute approximate surface area is 137 Å². The number of carbonyl (C=O) groups excluding carboxylic acids is 1. The summed E-state index contributed by atoms with van der Waals surface area (Å²) < 4.78 is 5.49. The Morgan fingerprint density at radius 3 is 2.76 bits per heavy atom. The summed E-state index contributed by atoms with van der Waals surface area (Å²) in [5, 5.41) is 0.515. The zero-order chi connectivity index (χ0) is 14.8. The first-order valence-corrected chi connectivity index (χ1v) is 7.18. The van der Waals surface area contributed by atoms with Gasteiger partial charge in [0.15, 0.2) is 6.61 Å². The van der Waals surface area contributed by atoms with Crippen molar-refractivity contribution < 1.29 is 9.53 Å². The average molecular weight is 333 g/mol. The molecule has 0 radical (unpaired) electrons. The molecular weight excluding hydrogens is 311 g/mol. The van der Waals surface area contributed by atoms with Gasteiger partial charge in [0.1, 0.15) is 5.75 Å². The van der Waals surface area contributed by atoms with Crippen molar-refractivity contribution in [3.63, 3.8) is 0 Å². The fourth-order valence-corrected chi connectivity index (χ4v) is 2.57. The number of amides is 1. The molecule has 21 heavy (non-hydrogen) atoms. The molecule has 1 atom stereocenters. The van der Waals surface area contributed by atoms with Gasteiger partial charge >= 0.3 is 0 Å². The first-order valence-electron chi connectivity index (χ1n) is 6.81. The summed E-state index contributed by atoms with van der Waals surface area (Å²) in [6, 6.07) is 7.28. The van der Waals surface area contributed by atoms with Crippen molar-refractivity contribution in [3.8, 4) is 5.75 Å². The molecule has 0 aromatic heterocycles. The summed E-state index contributed by atoms with van der Waals surface area (Å²) in [4.78, 5) is 14.0. The highest BCUT2D eigenvalue weighted by Gasteiger charge is 2.35. The van der Waals surface area contributed by atoms with Crippen LogP contribution in [0, 0.1) is 5.41 Å². The van der Waals surface area contributed by atoms with Gasteiger partial charge in [0, 0.05) is 19.1 Å². The molecule has 1 aliphatic heterocycles. The van der Waals surface area contributed by atoms with Crippen molar-refractivity contribution in [3.05, 3.63) is 29.3 Å². The van der Waals surface area contributed by atoms with Crippen LogP contribution >= 0.6 is 24.0 Å². The molecule has 1 fully saturated rings. The number of para-hydroxylation sites is 1. The van der Waals surface area contributed by atoms with Gasteiger partial charge in [0.05, 0.1) is 5.02 Å². The molecule has 1 heterocycles. The zero-order valence-corrected chi connectivity index (χ0v) is 13.9. The molecule has 1 aromatic carbocycles. The number of rotatable bonds is 3. The van der Waals surface area contributed by atoms with Crippen LogP contribution in [0.15, 0.2) is 24.3 Å². The minimum atomic E-state index is -0.0572. The van der Waals surface area contributed by atoms with Gasteiger partial charge in [-0.2, -0.15) is 0 Å². The van der Waals surface area contributed by atoms with E-state index in [0.29, 0.717) is 23.9 Å². The van der Waals surface area contributed by atoms with Crippen molar-refractivity contribution in [2.45, 2.75) is 26.3 Å². The molecule has 0 aliphatic carbocycles. The first-order chi connectivity index (χ1) is 9.40. The smallest absolute Gasteiger partial charge is 0.260 e. The standard InChI is InChI=1S/C15H21ClN2O2.ClH/c1-15(2)10-18(8-7-13(15)17)14(19)9-20-12-6-4-3-5-11(12)16;/h3-6,13H,7-10,17H2,1-2H3;1H. The summed E-state index contributed by atoms with van der Waals surface area (Å²) in [5.41, 5.74) is 6.02. The second-order valence-corrected chi connectivity index (χ2v) is 6.33. The average Bonchev–Trinajstić information content (AvgIpc) is 2.40. The Balaban J connectivity index is 0.00000220. The zero-order valence-electron chi connectivity index (χ0n) is 12.3. The molecule has 4 nitrogen and oxygen atoms in total. The van der Waals surface area contributed by atoms with Crippen LogP contribution in [0.2, 0.25) is 5.02 Å². The third kappa shape index (κ3) is 4.50. The third-order valence-corrected chi connectivity index (χ3v) is 4.16. The molecule has 6 heteroatoms. The van der Waals surface area contributed by atoms with Crippen molar-refractivity contribution in [2.75, 3.05) is 19.7 Å². The highest BCUT2D eigenvalue weighted by atomic mass is 35.5. The number of piperidine rings is 1. The van der Waals surface area contributed by atoms with Crippen LogP contribution in [0.25, 0.3) is 0 Å². The second-order valence-electron chi connectivity index (χ2n) is 5.92. The van der Waals surface area contributed by atoms with Crippen molar-refractivity contribution in [1.29, 1.82) is 0 Å². The Kier molecular flexibility index (Phi) is 6.32. The summed E-state index contributed by atoms with van der Waals surface area (Å²) in [7, 11) is 0. The Morgan fingerprint density at radius 1 is 1.48 bits per heavy atom. The van der Waals surface area contributed by atoms with Crippen LogP contribution in [0.3, 0.4) is 0 Å². The lowest BCUT2D eigenvalue weighted by molar-refractivity contribution is -0.136. The fraction of sp³-hybridized carbons (Fsp3) is 0.533. The van der Waals surface area contributed by atoms with Gasteiger partial charge in [0.2, 0.25) is 0 Å². The molecule has 2 rings (SSSR count). The van der Waals surface area contributed by atoms with E-state index in [1.54, 1.807) is 12.1 Å². The van der Waals surface area contributed by atoms with Gasteiger partial charge in [-0.15, -0.1) is 12.4 Å². The Hall–Kier alpha value is -0.970. The van der Waals surface area contributed by atoms with E-state index >= 15 is 0 Å². The molecule has 2 N–H and O–H groups in total. The molecule has 0 saturated carbocycles. The molecule has 0 bridgehead atoms. The molecule has 1 saturated heterocycles. The van der Waals surface area contributed by atoms with Gasteiger partial charge in [-0.05, 0) is 24.0 Å². The normalized spacial score (nSPS) is 20.6. The van der Waals surface area contributed by atoms with E-state index in [2.05, 4.69) is 13.8 Å². The maximum Gasteiger partial charge on any atom is 0.260 e. The van der Waals surface area contributed by atoms with Gasteiger partial charge in [0.25, 0.3) is 5.91 Å². The number of ether oxygens (including phenoxy) is 1. The number of carbonyl (C=O) groups is 1. The molecule has 1 unspecified atom stereocenters. The van der Waals surface area contributed by atoms with E-state index in [4.69, 9.17) is 22.1 Å². The van der Waals surface area contributed by atoms with E-state index in [-0.39, 0.29) is 36.4 Å². The molecule has 0 spiro atoms. The predicted octanol–water partition coefficient (Wildman–Crippen LogP) is 2.73. The highest BCUT2D eigenvalue weighted by molar-refractivity contribution is 6.32. The molecule has 1 amide bonds. The Bertz CT molecular complexity index is 494. The molecular formula is C15H22Cl2N2O2. The van der Waals surface area contributed by atoms with E-state index < -0.39 is 0 Å².